The Hall–Kier alpha value is -1.32. The monoisotopic (exact) mass is 545 g/mol. The molecule has 0 unspecified atom stereocenters. The molecule has 8 heteroatoms. The minimum absolute atomic E-state index is 0. The van der Waals surface area contributed by atoms with E-state index in [1.165, 1.54) is 11.3 Å². The first-order valence-electron chi connectivity index (χ1n) is 10.3. The average molecular weight is 546 g/mol. The Morgan fingerprint density at radius 1 is 1.23 bits per heavy atom. The first-order valence-corrected chi connectivity index (χ1v) is 10.7. The van der Waals surface area contributed by atoms with Crippen molar-refractivity contribution < 1.29 is 4.74 Å². The van der Waals surface area contributed by atoms with E-state index in [2.05, 4.69) is 50.5 Å². The molecule has 0 amide bonds. The molecule has 3 rings (SSSR count). The van der Waals surface area contributed by atoms with Gasteiger partial charge in [-0.25, -0.2) is 0 Å². The summed E-state index contributed by atoms with van der Waals surface area (Å²) in [6, 6.07) is 10.3. The van der Waals surface area contributed by atoms with Crippen molar-refractivity contribution in [1.82, 2.24) is 20.4 Å². The lowest BCUT2D eigenvalue weighted by Crippen LogP contribution is -2.48. The van der Waals surface area contributed by atoms with Gasteiger partial charge in [0.25, 0.3) is 0 Å². The summed E-state index contributed by atoms with van der Waals surface area (Å²) in [5, 5.41) is 12.3. The van der Waals surface area contributed by atoms with Crippen molar-refractivity contribution in [2.24, 2.45) is 4.99 Å². The molecule has 1 aromatic heterocycles. The summed E-state index contributed by atoms with van der Waals surface area (Å²) in [6.07, 6.45) is 2.86. The summed E-state index contributed by atoms with van der Waals surface area (Å²) in [5.74, 6) is 0.816. The number of guanidine groups is 1. The van der Waals surface area contributed by atoms with Gasteiger partial charge in [-0.2, -0.15) is 5.10 Å². The molecule has 0 aliphatic carbocycles. The molecule has 1 aliphatic heterocycles. The van der Waals surface area contributed by atoms with E-state index >= 15 is 0 Å². The van der Waals surface area contributed by atoms with Crippen molar-refractivity contribution in [3.8, 4) is 0 Å². The third-order valence-electron chi connectivity index (χ3n) is 5.66. The van der Waals surface area contributed by atoms with E-state index in [1.807, 2.05) is 26.1 Å². The van der Waals surface area contributed by atoms with Crippen LogP contribution >= 0.6 is 35.6 Å². The number of benzene rings is 1. The highest BCUT2D eigenvalue weighted by atomic mass is 127. The van der Waals surface area contributed by atoms with Gasteiger partial charge in [-0.1, -0.05) is 29.8 Å². The molecular formula is C22H33ClIN5O. The molecule has 0 spiro atoms. The molecule has 2 heterocycles. The summed E-state index contributed by atoms with van der Waals surface area (Å²) in [4.78, 5) is 4.39. The van der Waals surface area contributed by atoms with Crippen LogP contribution in [0.2, 0.25) is 5.02 Å². The summed E-state index contributed by atoms with van der Waals surface area (Å²) < 4.78 is 7.68. The number of aromatic nitrogens is 2. The SMILES string of the molecule is CN=C(NCCCn1nc(C)cc1C)NCC1(c2ccccc2Cl)CCOCC1.I. The quantitative estimate of drug-likeness (QED) is 0.238. The van der Waals surface area contributed by atoms with Crippen LogP contribution in [0, 0.1) is 13.8 Å². The Bertz CT molecular complexity index is 833. The van der Waals surface area contributed by atoms with E-state index in [1.54, 1.807) is 0 Å². The summed E-state index contributed by atoms with van der Waals surface area (Å²) in [6.45, 7) is 8.12. The van der Waals surface area contributed by atoms with Crippen molar-refractivity contribution in [3.05, 3.63) is 52.3 Å². The van der Waals surface area contributed by atoms with Gasteiger partial charge in [0.15, 0.2) is 5.96 Å². The Balaban J connectivity index is 0.00000320. The zero-order valence-corrected chi connectivity index (χ0v) is 21.2. The van der Waals surface area contributed by atoms with Crippen molar-refractivity contribution in [2.75, 3.05) is 33.4 Å². The van der Waals surface area contributed by atoms with Crippen molar-refractivity contribution >= 4 is 41.5 Å². The Labute approximate surface area is 201 Å². The second-order valence-electron chi connectivity index (χ2n) is 7.73. The molecule has 2 N–H and O–H groups in total. The maximum absolute atomic E-state index is 6.55. The van der Waals surface area contributed by atoms with Crippen LogP contribution in [-0.4, -0.2) is 49.1 Å². The van der Waals surface area contributed by atoms with E-state index in [0.29, 0.717) is 0 Å². The summed E-state index contributed by atoms with van der Waals surface area (Å²) in [7, 11) is 1.81. The topological polar surface area (TPSA) is 63.5 Å². The fourth-order valence-electron chi connectivity index (χ4n) is 4.01. The maximum atomic E-state index is 6.55. The number of nitrogens with one attached hydrogen (secondary N) is 2. The van der Waals surface area contributed by atoms with Crippen molar-refractivity contribution in [3.63, 3.8) is 0 Å². The molecule has 1 aromatic carbocycles. The standard InChI is InChI=1S/C22H32ClN5O.HI/c1-17-15-18(2)28(27-17)12-6-11-25-21(24-3)26-16-22(9-13-29-14-10-22)19-7-4-5-8-20(19)23;/h4-5,7-8,15H,6,9-14,16H2,1-3H3,(H2,24,25,26);1H. The van der Waals surface area contributed by atoms with Crippen LogP contribution in [0.1, 0.15) is 36.2 Å². The van der Waals surface area contributed by atoms with E-state index < -0.39 is 0 Å². The summed E-state index contributed by atoms with van der Waals surface area (Å²) >= 11 is 6.55. The fraction of sp³-hybridized carbons (Fsp3) is 0.545. The number of rotatable bonds is 7. The van der Waals surface area contributed by atoms with Gasteiger partial charge in [-0.15, -0.1) is 24.0 Å². The molecule has 2 aromatic rings. The number of ether oxygens (including phenoxy) is 1. The molecule has 0 radical (unpaired) electrons. The number of nitrogens with zero attached hydrogens (tertiary/aromatic N) is 3. The third-order valence-corrected chi connectivity index (χ3v) is 5.99. The van der Waals surface area contributed by atoms with Gasteiger partial charge in [0.1, 0.15) is 0 Å². The van der Waals surface area contributed by atoms with Gasteiger partial charge in [-0.05, 0) is 50.8 Å². The molecule has 6 nitrogen and oxygen atoms in total. The Morgan fingerprint density at radius 3 is 2.60 bits per heavy atom. The highest BCUT2D eigenvalue weighted by Crippen LogP contribution is 2.38. The third kappa shape index (κ3) is 6.34. The zero-order chi connectivity index (χ0) is 20.7. The van der Waals surface area contributed by atoms with Gasteiger partial charge in [-0.3, -0.25) is 9.67 Å². The van der Waals surface area contributed by atoms with Gasteiger partial charge in [0, 0.05) is 56.0 Å². The van der Waals surface area contributed by atoms with Gasteiger partial charge < -0.3 is 15.4 Å². The van der Waals surface area contributed by atoms with E-state index in [4.69, 9.17) is 16.3 Å². The zero-order valence-electron chi connectivity index (χ0n) is 18.1. The largest absolute Gasteiger partial charge is 0.381 e. The number of halogens is 2. The van der Waals surface area contributed by atoms with Crippen molar-refractivity contribution in [1.29, 1.82) is 0 Å². The van der Waals surface area contributed by atoms with Crippen LogP contribution in [0.4, 0.5) is 0 Å². The molecular weight excluding hydrogens is 513 g/mol. The van der Waals surface area contributed by atoms with Gasteiger partial charge in [0.05, 0.1) is 5.69 Å². The maximum Gasteiger partial charge on any atom is 0.191 e. The van der Waals surface area contributed by atoms with Crippen LogP contribution in [-0.2, 0) is 16.7 Å². The minimum atomic E-state index is -0.0437. The van der Waals surface area contributed by atoms with Gasteiger partial charge >= 0.3 is 0 Å². The molecule has 1 aliphatic rings. The Morgan fingerprint density at radius 2 is 1.97 bits per heavy atom. The first kappa shape index (κ1) is 24.9. The Kier molecular flexibility index (Phi) is 9.90. The second kappa shape index (κ2) is 11.9. The van der Waals surface area contributed by atoms with E-state index in [-0.39, 0.29) is 29.4 Å². The molecule has 0 bridgehead atoms. The molecule has 1 saturated heterocycles. The summed E-state index contributed by atoms with van der Waals surface area (Å²) in [5.41, 5.74) is 3.41. The average Bonchev–Trinajstić information content (AvgIpc) is 3.05. The molecule has 0 saturated carbocycles. The van der Waals surface area contributed by atoms with Crippen LogP contribution in [0.15, 0.2) is 35.3 Å². The highest BCUT2D eigenvalue weighted by molar-refractivity contribution is 14.0. The van der Waals surface area contributed by atoms with Gasteiger partial charge in [0.2, 0.25) is 0 Å². The lowest BCUT2D eigenvalue weighted by molar-refractivity contribution is 0.0514. The lowest BCUT2D eigenvalue weighted by atomic mass is 9.74. The smallest absolute Gasteiger partial charge is 0.191 e. The van der Waals surface area contributed by atoms with Crippen LogP contribution in [0.5, 0.6) is 0 Å². The molecule has 166 valence electrons. The molecule has 1 fully saturated rings. The van der Waals surface area contributed by atoms with E-state index in [0.717, 1.165) is 68.8 Å². The number of hydrogen-bond donors (Lipinski definition) is 2. The lowest BCUT2D eigenvalue weighted by Gasteiger charge is -2.38. The van der Waals surface area contributed by atoms with Crippen molar-refractivity contribution in [2.45, 2.75) is 45.1 Å². The molecule has 0 atom stereocenters. The fourth-order valence-corrected chi connectivity index (χ4v) is 4.34. The van der Waals surface area contributed by atoms with Crippen LogP contribution < -0.4 is 10.6 Å². The molecule has 30 heavy (non-hydrogen) atoms. The normalized spacial score (nSPS) is 16.1. The highest BCUT2D eigenvalue weighted by Gasteiger charge is 2.36. The minimum Gasteiger partial charge on any atom is -0.381 e. The number of aryl methyl sites for hydroxylation is 3. The number of aliphatic imine (C=N–C) groups is 1. The predicted molar refractivity (Wildman–Crippen MR) is 134 cm³/mol. The second-order valence-corrected chi connectivity index (χ2v) is 8.14. The van der Waals surface area contributed by atoms with Crippen LogP contribution in [0.3, 0.4) is 0 Å². The first-order chi connectivity index (χ1) is 14.0. The predicted octanol–water partition coefficient (Wildman–Crippen LogP) is 4.07. The van der Waals surface area contributed by atoms with E-state index in [9.17, 15) is 0 Å². The number of hydrogen-bond acceptors (Lipinski definition) is 3. The van der Waals surface area contributed by atoms with Crippen LogP contribution in [0.25, 0.3) is 0 Å².